The molecular weight excluding hydrogens is 224 g/mol. The van der Waals surface area contributed by atoms with Gasteiger partial charge in [-0.2, -0.15) is 0 Å². The molecule has 3 N–H and O–H groups in total. The van der Waals surface area contributed by atoms with Crippen molar-refractivity contribution in [2.45, 2.75) is 26.3 Å². The highest BCUT2D eigenvalue weighted by atomic mass is 16.3. The van der Waals surface area contributed by atoms with Gasteiger partial charge >= 0.3 is 0 Å². The van der Waals surface area contributed by atoms with Crippen molar-refractivity contribution >= 4 is 0 Å². The van der Waals surface area contributed by atoms with E-state index in [9.17, 15) is 0 Å². The normalized spacial score (nSPS) is 14.7. The van der Waals surface area contributed by atoms with Crippen molar-refractivity contribution < 1.29 is 5.11 Å². The molecule has 0 heterocycles. The fourth-order valence-electron chi connectivity index (χ4n) is 2.28. The summed E-state index contributed by atoms with van der Waals surface area (Å²) < 4.78 is 0. The first-order valence-electron chi connectivity index (χ1n) is 6.82. The van der Waals surface area contributed by atoms with E-state index >= 15 is 0 Å². The molecule has 0 aromatic heterocycles. The molecule has 2 unspecified atom stereocenters. The monoisotopic (exact) mass is 250 g/mol. The molecule has 0 saturated heterocycles. The summed E-state index contributed by atoms with van der Waals surface area (Å²) >= 11 is 0. The molecule has 0 radical (unpaired) electrons. The predicted octanol–water partition coefficient (Wildman–Crippen LogP) is 2.03. The Bertz CT molecular complexity index is 310. The van der Waals surface area contributed by atoms with Gasteiger partial charge in [0.25, 0.3) is 0 Å². The maximum absolute atomic E-state index is 9.06. The molecule has 0 aliphatic rings. The minimum atomic E-state index is 0.0595. The van der Waals surface area contributed by atoms with E-state index in [1.165, 1.54) is 5.56 Å². The maximum atomic E-state index is 9.06. The lowest BCUT2D eigenvalue weighted by Gasteiger charge is -2.28. The lowest BCUT2D eigenvalue weighted by Crippen LogP contribution is -2.35. The van der Waals surface area contributed by atoms with Crippen LogP contribution in [0.15, 0.2) is 30.3 Å². The van der Waals surface area contributed by atoms with E-state index in [0.29, 0.717) is 5.92 Å². The number of benzene rings is 1. The molecule has 0 spiro atoms. The van der Waals surface area contributed by atoms with E-state index < -0.39 is 0 Å². The molecule has 3 heteroatoms. The summed E-state index contributed by atoms with van der Waals surface area (Å²) in [5, 5.41) is 9.06. The molecule has 1 aromatic carbocycles. The van der Waals surface area contributed by atoms with Crippen LogP contribution >= 0.6 is 0 Å². The van der Waals surface area contributed by atoms with Crippen LogP contribution in [0.2, 0.25) is 0 Å². The van der Waals surface area contributed by atoms with Crippen molar-refractivity contribution in [3.8, 4) is 0 Å². The summed E-state index contributed by atoms with van der Waals surface area (Å²) in [4.78, 5) is 2.29. The zero-order valence-corrected chi connectivity index (χ0v) is 11.5. The van der Waals surface area contributed by atoms with Gasteiger partial charge in [-0.05, 0) is 24.4 Å². The van der Waals surface area contributed by atoms with Gasteiger partial charge in [-0.3, -0.25) is 0 Å². The van der Waals surface area contributed by atoms with Crippen LogP contribution in [0.4, 0.5) is 0 Å². The van der Waals surface area contributed by atoms with Gasteiger partial charge in [0.15, 0.2) is 0 Å². The summed E-state index contributed by atoms with van der Waals surface area (Å²) in [6.45, 7) is 7.24. The van der Waals surface area contributed by atoms with Crippen LogP contribution in [0.1, 0.15) is 31.9 Å². The molecule has 18 heavy (non-hydrogen) atoms. The zero-order chi connectivity index (χ0) is 13.4. The predicted molar refractivity (Wildman–Crippen MR) is 76.4 cm³/mol. The van der Waals surface area contributed by atoms with Gasteiger partial charge < -0.3 is 15.7 Å². The second-order valence-corrected chi connectivity index (χ2v) is 4.94. The summed E-state index contributed by atoms with van der Waals surface area (Å²) in [6.07, 6.45) is 1.10. The van der Waals surface area contributed by atoms with Gasteiger partial charge in [-0.15, -0.1) is 0 Å². The Hall–Kier alpha value is -0.900. The Morgan fingerprint density at radius 2 is 1.89 bits per heavy atom. The van der Waals surface area contributed by atoms with Crippen LogP contribution in [-0.4, -0.2) is 36.2 Å². The van der Waals surface area contributed by atoms with Gasteiger partial charge in [-0.25, -0.2) is 0 Å². The number of hydrogen-bond donors (Lipinski definition) is 2. The molecule has 1 rings (SSSR count). The summed E-state index contributed by atoms with van der Waals surface area (Å²) in [5.41, 5.74) is 7.48. The van der Waals surface area contributed by atoms with Gasteiger partial charge in [0.1, 0.15) is 0 Å². The number of rotatable bonds is 8. The van der Waals surface area contributed by atoms with E-state index in [1.54, 1.807) is 0 Å². The standard InChI is InChI=1S/C15H26N2O/c1-3-9-17(10-11-18)12-13(2)15(16)14-7-5-4-6-8-14/h4-8,13,15,18H,3,9-12,16H2,1-2H3. The Labute approximate surface area is 111 Å². The molecule has 0 aliphatic carbocycles. The zero-order valence-electron chi connectivity index (χ0n) is 11.5. The topological polar surface area (TPSA) is 49.5 Å². The van der Waals surface area contributed by atoms with Gasteiger partial charge in [0.2, 0.25) is 0 Å². The highest BCUT2D eigenvalue weighted by Gasteiger charge is 2.17. The Kier molecular flexibility index (Phi) is 6.94. The van der Waals surface area contributed by atoms with Gasteiger partial charge in [0.05, 0.1) is 6.61 Å². The average Bonchev–Trinajstić information content (AvgIpc) is 2.39. The van der Waals surface area contributed by atoms with Crippen molar-refractivity contribution in [3.05, 3.63) is 35.9 Å². The van der Waals surface area contributed by atoms with Crippen LogP contribution in [-0.2, 0) is 0 Å². The van der Waals surface area contributed by atoms with Crippen LogP contribution in [0.3, 0.4) is 0 Å². The Morgan fingerprint density at radius 3 is 2.44 bits per heavy atom. The quantitative estimate of drug-likeness (QED) is 0.742. The van der Waals surface area contributed by atoms with E-state index in [2.05, 4.69) is 30.9 Å². The highest BCUT2D eigenvalue weighted by Crippen LogP contribution is 2.19. The first-order valence-corrected chi connectivity index (χ1v) is 6.82. The third-order valence-electron chi connectivity index (χ3n) is 3.30. The first kappa shape index (κ1) is 15.2. The van der Waals surface area contributed by atoms with Crippen molar-refractivity contribution in [1.82, 2.24) is 4.90 Å². The molecule has 3 nitrogen and oxygen atoms in total. The number of nitrogens with zero attached hydrogens (tertiary/aromatic N) is 1. The molecule has 102 valence electrons. The van der Waals surface area contributed by atoms with E-state index in [-0.39, 0.29) is 12.6 Å². The first-order chi connectivity index (χ1) is 8.69. The minimum absolute atomic E-state index is 0.0595. The third kappa shape index (κ3) is 4.77. The van der Waals surface area contributed by atoms with Crippen molar-refractivity contribution in [3.63, 3.8) is 0 Å². The molecule has 0 bridgehead atoms. The maximum Gasteiger partial charge on any atom is 0.0558 e. The summed E-state index contributed by atoms with van der Waals surface area (Å²) in [7, 11) is 0. The van der Waals surface area contributed by atoms with Crippen molar-refractivity contribution in [2.24, 2.45) is 11.7 Å². The molecule has 1 aromatic rings. The fourth-order valence-corrected chi connectivity index (χ4v) is 2.28. The van der Waals surface area contributed by atoms with Crippen molar-refractivity contribution in [2.75, 3.05) is 26.2 Å². The minimum Gasteiger partial charge on any atom is -0.395 e. The second-order valence-electron chi connectivity index (χ2n) is 4.94. The third-order valence-corrected chi connectivity index (χ3v) is 3.30. The van der Waals surface area contributed by atoms with Crippen LogP contribution < -0.4 is 5.73 Å². The molecule has 0 aliphatic heterocycles. The highest BCUT2D eigenvalue weighted by molar-refractivity contribution is 5.19. The van der Waals surface area contributed by atoms with Gasteiger partial charge in [-0.1, -0.05) is 44.2 Å². The smallest absolute Gasteiger partial charge is 0.0558 e. The van der Waals surface area contributed by atoms with Crippen LogP contribution in [0.25, 0.3) is 0 Å². The van der Waals surface area contributed by atoms with Crippen molar-refractivity contribution in [1.29, 1.82) is 0 Å². The number of aliphatic hydroxyl groups is 1. The molecule has 2 atom stereocenters. The van der Waals surface area contributed by atoms with Gasteiger partial charge in [0, 0.05) is 19.1 Å². The lowest BCUT2D eigenvalue weighted by atomic mass is 9.95. The largest absolute Gasteiger partial charge is 0.395 e. The SMILES string of the molecule is CCCN(CCO)CC(C)C(N)c1ccccc1. The number of hydrogen-bond acceptors (Lipinski definition) is 3. The second kappa shape index (κ2) is 8.25. The Morgan fingerprint density at radius 1 is 1.22 bits per heavy atom. The molecule has 0 amide bonds. The fraction of sp³-hybridized carbons (Fsp3) is 0.600. The average molecular weight is 250 g/mol. The number of aliphatic hydroxyl groups excluding tert-OH is 1. The van der Waals surface area contributed by atoms with E-state index in [1.807, 2.05) is 18.2 Å². The molecular formula is C15H26N2O. The van der Waals surface area contributed by atoms with E-state index in [0.717, 1.165) is 26.1 Å². The molecule has 0 saturated carbocycles. The lowest BCUT2D eigenvalue weighted by molar-refractivity contribution is 0.171. The Balaban J connectivity index is 2.55. The van der Waals surface area contributed by atoms with Crippen LogP contribution in [0, 0.1) is 5.92 Å². The summed E-state index contributed by atoms with van der Waals surface area (Å²) in [5.74, 6) is 0.380. The molecule has 0 fully saturated rings. The van der Waals surface area contributed by atoms with Crippen LogP contribution in [0.5, 0.6) is 0 Å². The number of nitrogens with two attached hydrogens (primary N) is 1. The summed E-state index contributed by atoms with van der Waals surface area (Å²) in [6, 6.07) is 10.3. The van der Waals surface area contributed by atoms with E-state index in [4.69, 9.17) is 10.8 Å².